The van der Waals surface area contributed by atoms with Crippen LogP contribution in [-0.4, -0.2) is 46.4 Å². The van der Waals surface area contributed by atoms with Crippen LogP contribution in [0.3, 0.4) is 0 Å². The summed E-state index contributed by atoms with van der Waals surface area (Å²) in [7, 11) is -3.17. The van der Waals surface area contributed by atoms with Crippen LogP contribution in [0.1, 0.15) is 12.0 Å². The molecule has 0 saturated carbocycles. The van der Waals surface area contributed by atoms with E-state index in [4.69, 9.17) is 4.74 Å². The molecule has 1 aromatic carbocycles. The molecule has 8 heteroatoms. The van der Waals surface area contributed by atoms with Crippen molar-refractivity contribution in [2.45, 2.75) is 18.9 Å². The first kappa shape index (κ1) is 16.6. The van der Waals surface area contributed by atoms with Crippen LogP contribution in [0.15, 0.2) is 24.3 Å². The number of ether oxygens (including phenoxy) is 1. The smallest absolute Gasteiger partial charge is 0.314 e. The number of carbonyl (C=O) groups is 1. The first-order chi connectivity index (χ1) is 10.4. The van der Waals surface area contributed by atoms with E-state index in [2.05, 4.69) is 15.4 Å². The number of sulfonamides is 1. The molecule has 0 aliphatic carbocycles. The lowest BCUT2D eigenvalue weighted by Gasteiger charge is -2.12. The van der Waals surface area contributed by atoms with Gasteiger partial charge in [0.15, 0.2) is 0 Å². The summed E-state index contributed by atoms with van der Waals surface area (Å²) in [5.41, 5.74) is 1.15. The van der Waals surface area contributed by atoms with Gasteiger partial charge >= 0.3 is 6.03 Å². The van der Waals surface area contributed by atoms with Gasteiger partial charge in [-0.2, -0.15) is 0 Å². The Balaban J connectivity index is 1.57. The second-order valence-electron chi connectivity index (χ2n) is 5.21. The van der Waals surface area contributed by atoms with Gasteiger partial charge in [0.2, 0.25) is 10.0 Å². The van der Waals surface area contributed by atoms with Crippen LogP contribution >= 0.6 is 0 Å². The molecule has 3 N–H and O–H groups in total. The third kappa shape index (κ3) is 5.53. The van der Waals surface area contributed by atoms with Gasteiger partial charge in [0.1, 0.15) is 11.9 Å². The van der Waals surface area contributed by atoms with E-state index in [-0.39, 0.29) is 12.1 Å². The summed E-state index contributed by atoms with van der Waals surface area (Å²) in [5.74, 6) is 0.876. The van der Waals surface area contributed by atoms with Gasteiger partial charge in [0.25, 0.3) is 0 Å². The number of para-hydroxylation sites is 1. The van der Waals surface area contributed by atoms with E-state index >= 15 is 0 Å². The highest BCUT2D eigenvalue weighted by Crippen LogP contribution is 2.27. The Morgan fingerprint density at radius 2 is 2.05 bits per heavy atom. The molecule has 0 saturated heterocycles. The van der Waals surface area contributed by atoms with Crippen LogP contribution in [0.4, 0.5) is 4.79 Å². The van der Waals surface area contributed by atoms with Crippen molar-refractivity contribution in [1.82, 2.24) is 15.4 Å². The molecular weight excluding hydrogens is 306 g/mol. The maximum absolute atomic E-state index is 11.6. The van der Waals surface area contributed by atoms with Crippen LogP contribution in [0.2, 0.25) is 0 Å². The number of benzene rings is 1. The van der Waals surface area contributed by atoms with E-state index in [9.17, 15) is 13.2 Å². The lowest BCUT2D eigenvalue weighted by molar-refractivity contribution is 0.214. The van der Waals surface area contributed by atoms with Crippen molar-refractivity contribution < 1.29 is 17.9 Å². The van der Waals surface area contributed by atoms with Crippen LogP contribution in [0.25, 0.3) is 0 Å². The lowest BCUT2D eigenvalue weighted by Crippen LogP contribution is -2.41. The van der Waals surface area contributed by atoms with E-state index in [1.165, 1.54) is 0 Å². The zero-order valence-electron chi connectivity index (χ0n) is 12.5. The molecule has 1 aliphatic heterocycles. The van der Waals surface area contributed by atoms with Gasteiger partial charge in [-0.3, -0.25) is 0 Å². The van der Waals surface area contributed by atoms with Crippen molar-refractivity contribution in [2.24, 2.45) is 0 Å². The predicted octanol–water partition coefficient (Wildman–Crippen LogP) is 0.229. The Morgan fingerprint density at radius 3 is 2.77 bits per heavy atom. The maximum Gasteiger partial charge on any atom is 0.314 e. The summed E-state index contributed by atoms with van der Waals surface area (Å²) >= 11 is 0. The van der Waals surface area contributed by atoms with Crippen LogP contribution in [0.5, 0.6) is 5.75 Å². The summed E-state index contributed by atoms with van der Waals surface area (Å²) in [6, 6.07) is 7.55. The number of rotatable bonds is 7. The fourth-order valence-corrected chi connectivity index (χ4v) is 2.70. The van der Waals surface area contributed by atoms with E-state index in [0.29, 0.717) is 26.1 Å². The van der Waals surface area contributed by atoms with Crippen molar-refractivity contribution in [3.63, 3.8) is 0 Å². The highest BCUT2D eigenvalue weighted by molar-refractivity contribution is 7.88. The fraction of sp³-hybridized carbons (Fsp3) is 0.500. The molecule has 0 aromatic heterocycles. The summed E-state index contributed by atoms with van der Waals surface area (Å²) in [5, 5.41) is 5.43. The molecular formula is C14H21N3O4S. The minimum atomic E-state index is -3.17. The Kier molecular flexibility index (Phi) is 5.62. The van der Waals surface area contributed by atoms with Gasteiger partial charge < -0.3 is 15.4 Å². The summed E-state index contributed by atoms with van der Waals surface area (Å²) in [6.45, 7) is 1.14. The molecule has 0 bridgehead atoms. The van der Waals surface area contributed by atoms with Crippen molar-refractivity contribution in [1.29, 1.82) is 0 Å². The second kappa shape index (κ2) is 7.46. The summed E-state index contributed by atoms with van der Waals surface area (Å²) in [4.78, 5) is 11.6. The molecule has 0 radical (unpaired) electrons. The van der Waals surface area contributed by atoms with Gasteiger partial charge in [-0.15, -0.1) is 0 Å². The molecule has 1 unspecified atom stereocenters. The highest BCUT2D eigenvalue weighted by atomic mass is 32.2. The number of nitrogens with one attached hydrogen (secondary N) is 3. The van der Waals surface area contributed by atoms with Crippen molar-refractivity contribution in [3.05, 3.63) is 29.8 Å². The molecule has 22 heavy (non-hydrogen) atoms. The molecule has 1 aliphatic rings. The standard InChI is InChI=1S/C14H21N3O4S/c1-22(19,20)17-8-4-7-15-14(18)16-10-12-9-11-5-2-3-6-13(11)21-12/h2-3,5-6,12,17H,4,7-10H2,1H3,(H2,15,16,18). The third-order valence-electron chi connectivity index (χ3n) is 3.21. The third-order valence-corrected chi connectivity index (χ3v) is 3.94. The van der Waals surface area contributed by atoms with E-state index in [1.807, 2.05) is 24.3 Å². The van der Waals surface area contributed by atoms with Crippen LogP contribution in [0, 0.1) is 0 Å². The molecule has 122 valence electrons. The number of carbonyl (C=O) groups excluding carboxylic acids is 1. The molecule has 2 rings (SSSR count). The molecule has 7 nitrogen and oxygen atoms in total. The molecule has 2 amide bonds. The number of amides is 2. The largest absolute Gasteiger partial charge is 0.488 e. The zero-order chi connectivity index (χ0) is 16.0. The molecule has 0 fully saturated rings. The highest BCUT2D eigenvalue weighted by Gasteiger charge is 2.22. The van der Waals surface area contributed by atoms with Gasteiger partial charge in [0.05, 0.1) is 12.8 Å². The zero-order valence-corrected chi connectivity index (χ0v) is 13.3. The molecule has 1 atom stereocenters. The number of hydrogen-bond donors (Lipinski definition) is 3. The van der Waals surface area contributed by atoms with Gasteiger partial charge in [-0.25, -0.2) is 17.9 Å². The van der Waals surface area contributed by atoms with Crippen molar-refractivity contribution in [2.75, 3.05) is 25.9 Å². The van der Waals surface area contributed by atoms with Gasteiger partial charge in [-0.1, -0.05) is 18.2 Å². The Labute approximate surface area is 130 Å². The van der Waals surface area contributed by atoms with Crippen molar-refractivity contribution in [3.8, 4) is 5.75 Å². The molecule has 0 spiro atoms. The van der Waals surface area contributed by atoms with Gasteiger partial charge in [0, 0.05) is 19.5 Å². The normalized spacial score (nSPS) is 16.7. The Morgan fingerprint density at radius 1 is 1.27 bits per heavy atom. The lowest BCUT2D eigenvalue weighted by atomic mass is 10.1. The second-order valence-corrected chi connectivity index (χ2v) is 7.04. The average molecular weight is 327 g/mol. The summed E-state index contributed by atoms with van der Waals surface area (Å²) < 4.78 is 29.8. The topological polar surface area (TPSA) is 96.5 Å². The average Bonchev–Trinajstić information content (AvgIpc) is 2.86. The molecule has 1 heterocycles. The quantitative estimate of drug-likeness (QED) is 0.625. The van der Waals surface area contributed by atoms with Gasteiger partial charge in [-0.05, 0) is 18.1 Å². The molecule has 1 aromatic rings. The number of hydrogen-bond acceptors (Lipinski definition) is 4. The summed E-state index contributed by atoms with van der Waals surface area (Å²) in [6.07, 6.45) is 2.38. The van der Waals surface area contributed by atoms with Crippen LogP contribution < -0.4 is 20.1 Å². The number of fused-ring (bicyclic) bond motifs is 1. The minimum Gasteiger partial charge on any atom is -0.488 e. The first-order valence-corrected chi connectivity index (χ1v) is 9.04. The predicted molar refractivity (Wildman–Crippen MR) is 83.4 cm³/mol. The number of urea groups is 1. The van der Waals surface area contributed by atoms with E-state index in [0.717, 1.165) is 24.0 Å². The fourth-order valence-electron chi connectivity index (χ4n) is 2.18. The van der Waals surface area contributed by atoms with E-state index in [1.54, 1.807) is 0 Å². The van der Waals surface area contributed by atoms with Crippen LogP contribution in [-0.2, 0) is 16.4 Å². The minimum absolute atomic E-state index is 0.0462. The first-order valence-electron chi connectivity index (χ1n) is 7.15. The Hall–Kier alpha value is -1.80. The Bertz CT molecular complexity index is 593. The maximum atomic E-state index is 11.6. The van der Waals surface area contributed by atoms with Crippen molar-refractivity contribution >= 4 is 16.1 Å². The SMILES string of the molecule is CS(=O)(=O)NCCCNC(=O)NCC1Cc2ccccc2O1. The van der Waals surface area contributed by atoms with E-state index < -0.39 is 10.0 Å². The monoisotopic (exact) mass is 327 g/mol.